The fourth-order valence-electron chi connectivity index (χ4n) is 3.22. The number of phenols is 1. The summed E-state index contributed by atoms with van der Waals surface area (Å²) in [5.74, 6) is -0.779. The van der Waals surface area contributed by atoms with Gasteiger partial charge in [0.25, 0.3) is 11.8 Å². The summed E-state index contributed by atoms with van der Waals surface area (Å²) in [5.41, 5.74) is 4.04. The molecule has 158 valence electrons. The molecule has 0 aliphatic rings. The van der Waals surface area contributed by atoms with E-state index < -0.39 is 5.91 Å². The Bertz CT molecular complexity index is 1350. The average Bonchev–Trinajstić information content (AvgIpc) is 2.81. The number of hydrazone groups is 1. The van der Waals surface area contributed by atoms with E-state index in [1.165, 1.54) is 12.3 Å². The highest BCUT2D eigenvalue weighted by Gasteiger charge is 2.12. The summed E-state index contributed by atoms with van der Waals surface area (Å²) in [7, 11) is 0. The number of aromatic hydroxyl groups is 1. The first-order chi connectivity index (χ1) is 15.5. The van der Waals surface area contributed by atoms with Gasteiger partial charge in [-0.25, -0.2) is 5.43 Å². The lowest BCUT2D eigenvalue weighted by molar-refractivity contribution is 0.0953. The van der Waals surface area contributed by atoms with Gasteiger partial charge in [-0.2, -0.15) is 5.10 Å². The zero-order valence-electron chi connectivity index (χ0n) is 16.7. The summed E-state index contributed by atoms with van der Waals surface area (Å²) in [4.78, 5) is 25.0. The maximum atomic E-state index is 12.5. The molecule has 0 saturated heterocycles. The third-order valence-electron chi connectivity index (χ3n) is 4.81. The van der Waals surface area contributed by atoms with Crippen molar-refractivity contribution in [2.45, 2.75) is 0 Å². The Hall–Kier alpha value is -4.16. The van der Waals surface area contributed by atoms with Gasteiger partial charge in [-0.15, -0.1) is 0 Å². The van der Waals surface area contributed by atoms with Crippen LogP contribution in [0.2, 0.25) is 5.02 Å². The van der Waals surface area contributed by atoms with Gasteiger partial charge in [0.15, 0.2) is 0 Å². The molecule has 0 bridgehead atoms. The molecule has 6 nitrogen and oxygen atoms in total. The number of nitrogens with one attached hydrogen (secondary N) is 2. The average molecular weight is 444 g/mol. The number of hydrogen-bond donors (Lipinski definition) is 3. The van der Waals surface area contributed by atoms with E-state index in [1.54, 1.807) is 48.5 Å². The van der Waals surface area contributed by atoms with Crippen molar-refractivity contribution in [1.82, 2.24) is 5.43 Å². The van der Waals surface area contributed by atoms with Crippen LogP contribution in [-0.2, 0) is 0 Å². The van der Waals surface area contributed by atoms with Crippen molar-refractivity contribution in [3.05, 3.63) is 107 Å². The summed E-state index contributed by atoms with van der Waals surface area (Å²) in [6.45, 7) is 0. The van der Waals surface area contributed by atoms with Crippen molar-refractivity contribution < 1.29 is 14.7 Å². The van der Waals surface area contributed by atoms with Gasteiger partial charge in [0.2, 0.25) is 0 Å². The Labute approximate surface area is 189 Å². The lowest BCUT2D eigenvalue weighted by Gasteiger charge is -2.08. The molecule has 0 aromatic heterocycles. The van der Waals surface area contributed by atoms with Crippen LogP contribution in [0.4, 0.5) is 5.69 Å². The molecule has 0 atom stereocenters. The molecule has 0 aliphatic heterocycles. The molecule has 0 fully saturated rings. The largest absolute Gasteiger partial charge is 0.507 e. The van der Waals surface area contributed by atoms with Crippen molar-refractivity contribution in [3.8, 4) is 5.75 Å². The van der Waals surface area contributed by atoms with Gasteiger partial charge >= 0.3 is 0 Å². The van der Waals surface area contributed by atoms with E-state index in [-0.39, 0.29) is 11.7 Å². The molecule has 0 unspecified atom stereocenters. The fraction of sp³-hybridized carbons (Fsp3) is 0. The fourth-order valence-corrected chi connectivity index (χ4v) is 3.44. The minimum absolute atomic E-state index is 0.0611. The molecule has 0 heterocycles. The molecule has 0 spiro atoms. The van der Waals surface area contributed by atoms with Crippen molar-refractivity contribution in [1.29, 1.82) is 0 Å². The second-order valence-corrected chi connectivity index (χ2v) is 7.34. The number of hydrogen-bond acceptors (Lipinski definition) is 4. The van der Waals surface area contributed by atoms with Crippen molar-refractivity contribution in [2.75, 3.05) is 5.32 Å². The van der Waals surface area contributed by atoms with Gasteiger partial charge in [-0.1, -0.05) is 60.1 Å². The maximum Gasteiger partial charge on any atom is 0.271 e. The second kappa shape index (κ2) is 9.32. The van der Waals surface area contributed by atoms with Crippen molar-refractivity contribution in [2.24, 2.45) is 5.10 Å². The Morgan fingerprint density at radius 3 is 2.50 bits per heavy atom. The summed E-state index contributed by atoms with van der Waals surface area (Å²) in [6, 6.07) is 24.1. The molecule has 0 radical (unpaired) electrons. The minimum Gasteiger partial charge on any atom is -0.507 e. The molecule has 2 amide bonds. The van der Waals surface area contributed by atoms with Gasteiger partial charge in [0.05, 0.1) is 16.8 Å². The molecule has 3 N–H and O–H groups in total. The molecule has 0 aliphatic carbocycles. The Kier molecular flexibility index (Phi) is 6.14. The highest BCUT2D eigenvalue weighted by molar-refractivity contribution is 6.34. The zero-order valence-corrected chi connectivity index (χ0v) is 17.5. The first-order valence-electron chi connectivity index (χ1n) is 9.73. The van der Waals surface area contributed by atoms with E-state index in [4.69, 9.17) is 11.6 Å². The maximum absolute atomic E-state index is 12.5. The van der Waals surface area contributed by atoms with Crippen LogP contribution in [-0.4, -0.2) is 23.1 Å². The quantitative estimate of drug-likeness (QED) is 0.292. The Balaban J connectivity index is 1.48. The number of amides is 2. The van der Waals surface area contributed by atoms with E-state index >= 15 is 0 Å². The summed E-state index contributed by atoms with van der Waals surface area (Å²) in [6.07, 6.45) is 1.40. The lowest BCUT2D eigenvalue weighted by atomic mass is 10.0. The summed E-state index contributed by atoms with van der Waals surface area (Å²) in [5, 5.41) is 19.0. The number of carbonyl (C=O) groups is 2. The third kappa shape index (κ3) is 4.61. The predicted octanol–water partition coefficient (Wildman–Crippen LogP) is 5.22. The SMILES string of the molecule is O=C(N/N=C\c1c(O)ccc2ccccc12)c1cccc(NC(=O)c2ccccc2Cl)c1. The standard InChI is InChI=1S/C25H18ClN3O3/c26-22-11-4-3-10-20(22)25(32)28-18-8-5-7-17(14-18)24(31)29-27-15-21-19-9-2-1-6-16(19)12-13-23(21)30/h1-15,30H,(H,28,32)(H,29,31)/b27-15-. The first-order valence-corrected chi connectivity index (χ1v) is 10.1. The lowest BCUT2D eigenvalue weighted by Crippen LogP contribution is -2.18. The highest BCUT2D eigenvalue weighted by atomic mass is 35.5. The van der Waals surface area contributed by atoms with Crippen molar-refractivity contribution in [3.63, 3.8) is 0 Å². The van der Waals surface area contributed by atoms with Crippen LogP contribution >= 0.6 is 11.6 Å². The normalized spacial score (nSPS) is 10.9. The van der Waals surface area contributed by atoms with Gasteiger partial charge in [0, 0.05) is 16.8 Å². The zero-order chi connectivity index (χ0) is 22.5. The molecule has 7 heteroatoms. The van der Waals surface area contributed by atoms with Crippen LogP contribution in [0.3, 0.4) is 0 Å². The monoisotopic (exact) mass is 443 g/mol. The van der Waals surface area contributed by atoms with E-state index in [9.17, 15) is 14.7 Å². The molecule has 32 heavy (non-hydrogen) atoms. The third-order valence-corrected chi connectivity index (χ3v) is 5.14. The predicted molar refractivity (Wildman–Crippen MR) is 127 cm³/mol. The number of phenolic OH excluding ortho intramolecular Hbond substituents is 1. The van der Waals surface area contributed by atoms with Crippen LogP contribution in [0.5, 0.6) is 5.75 Å². The topological polar surface area (TPSA) is 90.8 Å². The molecule has 4 rings (SSSR count). The van der Waals surface area contributed by atoms with Crippen LogP contribution in [0.15, 0.2) is 90.0 Å². The highest BCUT2D eigenvalue weighted by Crippen LogP contribution is 2.25. The van der Waals surface area contributed by atoms with E-state index in [2.05, 4.69) is 15.8 Å². The minimum atomic E-state index is -0.463. The molecule has 4 aromatic carbocycles. The first kappa shape index (κ1) is 21.1. The van der Waals surface area contributed by atoms with Crippen LogP contribution in [0.25, 0.3) is 10.8 Å². The summed E-state index contributed by atoms with van der Waals surface area (Å²) < 4.78 is 0. The van der Waals surface area contributed by atoms with Gasteiger partial charge in [-0.05, 0) is 47.2 Å². The number of benzene rings is 4. The van der Waals surface area contributed by atoms with Gasteiger partial charge < -0.3 is 10.4 Å². The smallest absolute Gasteiger partial charge is 0.271 e. The van der Waals surface area contributed by atoms with E-state index in [0.717, 1.165) is 10.8 Å². The number of rotatable bonds is 5. The molecule has 0 saturated carbocycles. The Morgan fingerprint density at radius 1 is 0.875 bits per heavy atom. The number of fused-ring (bicyclic) bond motifs is 1. The number of anilines is 1. The number of halogens is 1. The number of nitrogens with zero attached hydrogens (tertiary/aromatic N) is 1. The molecular weight excluding hydrogens is 426 g/mol. The van der Waals surface area contributed by atoms with Crippen LogP contribution < -0.4 is 10.7 Å². The van der Waals surface area contributed by atoms with Crippen LogP contribution in [0, 0.1) is 0 Å². The van der Waals surface area contributed by atoms with E-state index in [1.807, 2.05) is 30.3 Å². The Morgan fingerprint density at radius 2 is 1.66 bits per heavy atom. The summed E-state index contributed by atoms with van der Waals surface area (Å²) >= 11 is 6.06. The number of carbonyl (C=O) groups excluding carboxylic acids is 2. The molecular formula is C25H18ClN3O3. The van der Waals surface area contributed by atoms with Gasteiger partial charge in [0.1, 0.15) is 5.75 Å². The van der Waals surface area contributed by atoms with Crippen LogP contribution in [0.1, 0.15) is 26.3 Å². The molecule has 4 aromatic rings. The second-order valence-electron chi connectivity index (χ2n) is 6.93. The van der Waals surface area contributed by atoms with E-state index in [0.29, 0.717) is 27.4 Å². The van der Waals surface area contributed by atoms with Crippen molar-refractivity contribution >= 4 is 46.1 Å². The van der Waals surface area contributed by atoms with Gasteiger partial charge in [-0.3, -0.25) is 9.59 Å².